The van der Waals surface area contributed by atoms with Crippen LogP contribution in [0.3, 0.4) is 0 Å². The van der Waals surface area contributed by atoms with Gasteiger partial charge in [0.2, 0.25) is 17.7 Å². The van der Waals surface area contributed by atoms with E-state index >= 15 is 0 Å². The van der Waals surface area contributed by atoms with Crippen molar-refractivity contribution in [2.45, 2.75) is 437 Å². The van der Waals surface area contributed by atoms with Crippen LogP contribution in [0, 0.1) is 0 Å². The summed E-state index contributed by atoms with van der Waals surface area (Å²) >= 11 is 0. The molecule has 1 aromatic carbocycles. The van der Waals surface area contributed by atoms with Crippen LogP contribution in [-0.4, -0.2) is 119 Å². The van der Waals surface area contributed by atoms with Crippen LogP contribution in [0.15, 0.2) is 35.3 Å². The molecule has 602 valence electrons. The first kappa shape index (κ1) is 96.0. The summed E-state index contributed by atoms with van der Waals surface area (Å²) < 4.78 is 49.1. The molecule has 1 heterocycles. The Morgan fingerprint density at radius 3 is 1.18 bits per heavy atom. The fourth-order valence-corrected chi connectivity index (χ4v) is 14.3. The number of esters is 3. The van der Waals surface area contributed by atoms with E-state index in [1.54, 1.807) is 0 Å². The van der Waals surface area contributed by atoms with Gasteiger partial charge in [-0.25, -0.2) is 9.56 Å². The molecule has 104 heavy (non-hydrogen) atoms. The molecule has 1 aliphatic heterocycles. The van der Waals surface area contributed by atoms with Gasteiger partial charge in [-0.2, -0.15) is 0 Å². The fourth-order valence-electron chi connectivity index (χ4n) is 13.7. The zero-order chi connectivity index (χ0) is 75.8. The van der Waals surface area contributed by atoms with E-state index in [0.717, 1.165) is 173 Å². The van der Waals surface area contributed by atoms with Gasteiger partial charge in [0, 0.05) is 25.8 Å². The minimum absolute atomic E-state index is 0.0832. The van der Waals surface area contributed by atoms with E-state index in [9.17, 15) is 48.2 Å². The van der Waals surface area contributed by atoms with Crippen molar-refractivity contribution in [3.8, 4) is 0 Å². The number of phosphoric acid groups is 1. The number of nitrogens with one attached hydrogen (secondary N) is 2. The van der Waals surface area contributed by atoms with Gasteiger partial charge >= 0.3 is 25.7 Å². The lowest BCUT2D eigenvalue weighted by atomic mass is 9.96. The molecule has 19 nitrogen and oxygen atoms in total. The lowest BCUT2D eigenvalue weighted by molar-refractivity contribution is -0.209. The normalized spacial score (nSPS) is 16.6. The average molecular weight is 1490 g/mol. The van der Waals surface area contributed by atoms with Crippen molar-refractivity contribution in [1.29, 1.82) is 0 Å². The molecule has 2 unspecified atom stereocenters. The Labute approximate surface area is 630 Å². The highest BCUT2D eigenvalue weighted by atomic mass is 31.2. The van der Waals surface area contributed by atoms with Gasteiger partial charge in [-0.05, 0) is 76.2 Å². The molecule has 5 N–H and O–H groups in total. The average Bonchev–Trinajstić information content (AvgIpc) is 0.781. The van der Waals surface area contributed by atoms with E-state index in [-0.39, 0.29) is 51.2 Å². The Morgan fingerprint density at radius 1 is 0.462 bits per heavy atom. The van der Waals surface area contributed by atoms with Crippen LogP contribution in [0.2, 0.25) is 0 Å². The fraction of sp³-hybridized carbons (Fsp3) is 0.845. The van der Waals surface area contributed by atoms with Gasteiger partial charge in [0.25, 0.3) is 0 Å². The first-order valence-corrected chi connectivity index (χ1v) is 44.0. The highest BCUT2D eigenvalue weighted by Gasteiger charge is 2.48. The number of ether oxygens (including phenoxy) is 5. The molecule has 1 aliphatic rings. The molecule has 1 saturated heterocycles. The molecule has 0 saturated carbocycles. The van der Waals surface area contributed by atoms with Crippen molar-refractivity contribution in [3.63, 3.8) is 0 Å². The molecule has 0 aliphatic carbocycles. The van der Waals surface area contributed by atoms with Crippen molar-refractivity contribution < 1.29 is 76.4 Å². The summed E-state index contributed by atoms with van der Waals surface area (Å²) in [7, 11) is -5.48. The smallest absolute Gasteiger partial charge is 0.462 e. The Bertz CT molecular complexity index is 2380. The van der Waals surface area contributed by atoms with E-state index in [1.807, 2.05) is 18.2 Å². The number of aliphatic imine (C=N–C) groups is 1. The summed E-state index contributed by atoms with van der Waals surface area (Å²) in [5, 5.41) is 16.7. The summed E-state index contributed by atoms with van der Waals surface area (Å²) in [4.78, 5) is 109. The summed E-state index contributed by atoms with van der Waals surface area (Å²) in [5.41, 5.74) is 0.872. The summed E-state index contributed by atoms with van der Waals surface area (Å²) in [6.07, 6.45) is 42.2. The summed E-state index contributed by atoms with van der Waals surface area (Å²) in [5.74, 6) is -3.13. The molecule has 0 spiro atoms. The van der Waals surface area contributed by atoms with Crippen molar-refractivity contribution in [3.05, 3.63) is 35.9 Å². The van der Waals surface area contributed by atoms with Gasteiger partial charge in [0.1, 0.15) is 36.6 Å². The van der Waals surface area contributed by atoms with Gasteiger partial charge in [-0.3, -0.25) is 33.3 Å². The zero-order valence-corrected chi connectivity index (χ0v) is 67.1. The number of aliphatic hydroxyl groups excluding tert-OH is 1. The number of rotatable bonds is 71. The molecule has 1 aromatic rings. The number of carbonyl (C=O) groups excluding carboxylic acids is 6. The van der Waals surface area contributed by atoms with Gasteiger partial charge in [-0.15, -0.1) is 0 Å². The molecular weight excluding hydrogens is 1340 g/mol. The lowest BCUT2D eigenvalue weighted by Crippen LogP contribution is -2.63. The molecule has 0 aromatic heterocycles. The van der Waals surface area contributed by atoms with Crippen LogP contribution in [0.1, 0.15) is 393 Å². The maximum absolute atomic E-state index is 14.8. The molecule has 3 amide bonds. The van der Waals surface area contributed by atoms with Gasteiger partial charge in [0.05, 0.1) is 38.2 Å². The summed E-state index contributed by atoms with van der Waals surface area (Å²) in [6, 6.07) is 8.73. The van der Waals surface area contributed by atoms with Crippen molar-refractivity contribution in [1.82, 2.24) is 10.6 Å². The third-order valence-electron chi connectivity index (χ3n) is 19.9. The monoisotopic (exact) mass is 1490 g/mol. The first-order chi connectivity index (χ1) is 50.5. The largest absolute Gasteiger partial charge is 0.470 e. The molecule has 7 atom stereocenters. The maximum Gasteiger partial charge on any atom is 0.470 e. The number of phosphoric ester groups is 1. The number of aliphatic hydroxyl groups is 1. The quantitative estimate of drug-likeness (QED) is 0.0175. The SMILES string of the molecule is CCCCCCCCCCC[C@H](CC(=O)/N=C1/C(NC(=O)C[C@@H](CCCCCCCCCCC)OC(=O)CCCCCCCCC)[C@H](OCCNC(=O)C[C@@H](CCCCCCCCCCC)OC(=O)CCCCCCCCC)OC(CO)[C@H]1OP(=O)(O)O)OC(=O)CCCCCCCc1ccccc1. The molecular formula is C84H150N3O16P. The molecule has 20 heteroatoms. The number of hydrogen-bond acceptors (Lipinski definition) is 14. The van der Waals surface area contributed by atoms with Crippen LogP contribution >= 0.6 is 7.82 Å². The number of hydrogen-bond donors (Lipinski definition) is 5. The standard InChI is InChI=1S/C84H150N3O16P/c1-6-11-16-21-26-29-34-39-49-58-71(99-78(92)61-52-42-32-24-19-14-9-4)66-75(89)85-64-65-98-84-82(87-77(91)68-73(60-51-41-36-31-28-23-18-13-8-3)101-79(93)62-53-43-33-25-20-15-10-5)81(83(74(69-88)102-84)103-104(95,96)97)86-76(90)67-72(59-50-40-35-30-27-22-17-12-7-2)100-80(94)63-54-44-37-38-46-55-70-56-47-45-48-57-70/h45,47-48,56-57,71-74,82-84,88H,6-44,46,49-55,58-69H2,1-5H3,(H,85,89)(H,87,91)(H2,95,96,97)/b86-81-/t71-,72-,73-,74?,82?,83-,84-/m1/s1. The van der Waals surface area contributed by atoms with Crippen LogP contribution < -0.4 is 10.6 Å². The second-order valence-electron chi connectivity index (χ2n) is 29.7. The highest BCUT2D eigenvalue weighted by molar-refractivity contribution is 7.46. The Hall–Kier alpha value is -4.10. The second-order valence-corrected chi connectivity index (χ2v) is 30.9. The number of amides is 3. The topological polar surface area (TPSA) is 272 Å². The third kappa shape index (κ3) is 53.6. The molecule has 0 bridgehead atoms. The Morgan fingerprint density at radius 2 is 0.808 bits per heavy atom. The third-order valence-corrected chi connectivity index (χ3v) is 20.4. The minimum Gasteiger partial charge on any atom is -0.462 e. The predicted octanol–water partition coefficient (Wildman–Crippen LogP) is 20.3. The van der Waals surface area contributed by atoms with Gasteiger partial charge in [0.15, 0.2) is 6.29 Å². The molecule has 2 rings (SSSR count). The molecule has 0 radical (unpaired) electrons. The minimum atomic E-state index is -5.48. The molecule has 1 fully saturated rings. The number of benzene rings is 1. The van der Waals surface area contributed by atoms with Gasteiger partial charge < -0.3 is 49.2 Å². The summed E-state index contributed by atoms with van der Waals surface area (Å²) in [6.45, 7) is 9.66. The maximum atomic E-state index is 14.8. The first-order valence-electron chi connectivity index (χ1n) is 42.5. The van der Waals surface area contributed by atoms with Crippen LogP contribution in [-0.2, 0) is 68.0 Å². The van der Waals surface area contributed by atoms with E-state index < -0.39 is 99.1 Å². The number of aryl methyl sites for hydroxylation is 1. The Kier molecular flexibility index (Phi) is 60.9. The van der Waals surface area contributed by atoms with E-state index in [2.05, 4.69) is 62.4 Å². The van der Waals surface area contributed by atoms with Crippen molar-refractivity contribution >= 4 is 49.2 Å². The van der Waals surface area contributed by atoms with E-state index in [4.69, 9.17) is 28.2 Å². The zero-order valence-electron chi connectivity index (χ0n) is 66.2. The van der Waals surface area contributed by atoms with Crippen LogP contribution in [0.5, 0.6) is 0 Å². The van der Waals surface area contributed by atoms with Crippen LogP contribution in [0.4, 0.5) is 0 Å². The van der Waals surface area contributed by atoms with Crippen molar-refractivity contribution in [2.75, 3.05) is 19.8 Å². The number of carbonyl (C=O) groups is 6. The van der Waals surface area contributed by atoms with E-state index in [1.165, 1.54) is 102 Å². The Balaban J connectivity index is 2.56. The number of unbranched alkanes of at least 4 members (excludes halogenated alkanes) is 40. The van der Waals surface area contributed by atoms with Crippen molar-refractivity contribution in [2.24, 2.45) is 4.99 Å². The number of nitrogens with zero attached hydrogens (tertiary/aromatic N) is 1. The second kappa shape index (κ2) is 65.9. The van der Waals surface area contributed by atoms with Gasteiger partial charge in [-0.1, -0.05) is 315 Å². The predicted molar refractivity (Wildman–Crippen MR) is 418 cm³/mol. The van der Waals surface area contributed by atoms with Crippen LogP contribution in [0.25, 0.3) is 0 Å². The lowest BCUT2D eigenvalue weighted by Gasteiger charge is -2.41. The van der Waals surface area contributed by atoms with E-state index in [0.29, 0.717) is 51.4 Å². The highest BCUT2D eigenvalue weighted by Crippen LogP contribution is 2.41.